The van der Waals surface area contributed by atoms with E-state index in [0.29, 0.717) is 0 Å². The van der Waals surface area contributed by atoms with Gasteiger partial charge in [0.15, 0.2) is 0 Å². The van der Waals surface area contributed by atoms with Crippen LogP contribution in [0.2, 0.25) is 0 Å². The molecule has 5 nitrogen and oxygen atoms in total. The number of rotatable bonds is 3. The maximum atomic E-state index is 10.9. The van der Waals surface area contributed by atoms with Crippen molar-refractivity contribution < 1.29 is 12.6 Å². The van der Waals surface area contributed by atoms with E-state index in [-0.39, 0.29) is 11.8 Å². The van der Waals surface area contributed by atoms with E-state index in [0.717, 1.165) is 0 Å². The largest absolute Gasteiger partial charge is 0.345 e. The Bertz CT molecular complexity index is 355. The summed E-state index contributed by atoms with van der Waals surface area (Å²) in [5.74, 6) is -0.0557. The van der Waals surface area contributed by atoms with Gasteiger partial charge in [-0.1, -0.05) is 0 Å². The standard InChI is InChI=1S/C6H10N2O3S/c1-3-12(9,10)11-6-7-4-5-8(6)2/h4-5H,3H2,1-2H3. The Morgan fingerprint density at radius 1 is 1.67 bits per heavy atom. The van der Waals surface area contributed by atoms with E-state index >= 15 is 0 Å². The fourth-order valence-electron chi connectivity index (χ4n) is 0.605. The monoisotopic (exact) mass is 190 g/mol. The lowest BCUT2D eigenvalue weighted by molar-refractivity contribution is 0.453. The molecule has 0 amide bonds. The molecule has 0 aliphatic rings. The molecule has 0 spiro atoms. The second-order valence-corrected chi connectivity index (χ2v) is 4.11. The van der Waals surface area contributed by atoms with Crippen LogP contribution in [0.25, 0.3) is 0 Å². The highest BCUT2D eigenvalue weighted by molar-refractivity contribution is 7.87. The van der Waals surface area contributed by atoms with Crippen molar-refractivity contribution in [1.29, 1.82) is 0 Å². The summed E-state index contributed by atoms with van der Waals surface area (Å²) in [6, 6.07) is 0.0943. The third-order valence-electron chi connectivity index (χ3n) is 1.33. The minimum absolute atomic E-state index is 0.0557. The average Bonchev–Trinajstić information content (AvgIpc) is 2.36. The van der Waals surface area contributed by atoms with Crippen LogP contribution < -0.4 is 4.18 Å². The van der Waals surface area contributed by atoms with E-state index in [1.54, 1.807) is 13.2 Å². The molecule has 12 heavy (non-hydrogen) atoms. The molecule has 0 fully saturated rings. The molecule has 1 aromatic heterocycles. The van der Waals surface area contributed by atoms with Crippen LogP contribution in [0, 0.1) is 0 Å². The van der Waals surface area contributed by atoms with E-state index < -0.39 is 10.1 Å². The van der Waals surface area contributed by atoms with Crippen molar-refractivity contribution in [2.75, 3.05) is 5.75 Å². The van der Waals surface area contributed by atoms with Crippen molar-refractivity contribution in [2.45, 2.75) is 6.92 Å². The molecule has 0 aromatic carbocycles. The van der Waals surface area contributed by atoms with Gasteiger partial charge in [-0.3, -0.25) is 0 Å². The highest BCUT2D eigenvalue weighted by atomic mass is 32.2. The fourth-order valence-corrected chi connectivity index (χ4v) is 1.11. The molecule has 1 rings (SSSR count). The van der Waals surface area contributed by atoms with Crippen LogP contribution in [-0.2, 0) is 17.2 Å². The Morgan fingerprint density at radius 3 is 2.75 bits per heavy atom. The van der Waals surface area contributed by atoms with Crippen molar-refractivity contribution in [3.63, 3.8) is 0 Å². The topological polar surface area (TPSA) is 61.2 Å². The molecule has 6 heteroatoms. The number of hydrogen-bond acceptors (Lipinski definition) is 4. The van der Waals surface area contributed by atoms with Crippen LogP contribution in [-0.4, -0.2) is 23.7 Å². The van der Waals surface area contributed by atoms with Gasteiger partial charge in [-0.05, 0) is 6.92 Å². The molecule has 0 saturated heterocycles. The van der Waals surface area contributed by atoms with Crippen molar-refractivity contribution in [3.8, 4) is 6.01 Å². The van der Waals surface area contributed by atoms with Gasteiger partial charge in [0.05, 0.1) is 5.75 Å². The molecule has 1 heterocycles. The maximum Gasteiger partial charge on any atom is 0.312 e. The molecule has 0 N–H and O–H groups in total. The summed E-state index contributed by atoms with van der Waals surface area (Å²) in [6.07, 6.45) is 3.08. The summed E-state index contributed by atoms with van der Waals surface area (Å²) in [4.78, 5) is 3.71. The molecule has 0 aliphatic carbocycles. The van der Waals surface area contributed by atoms with Crippen molar-refractivity contribution >= 4 is 10.1 Å². The predicted octanol–water partition coefficient (Wildman–Crippen LogP) is 0.149. The first-order valence-electron chi connectivity index (χ1n) is 3.44. The van der Waals surface area contributed by atoms with Gasteiger partial charge >= 0.3 is 16.1 Å². The Kier molecular flexibility index (Phi) is 2.37. The summed E-state index contributed by atoms with van der Waals surface area (Å²) >= 11 is 0. The van der Waals surface area contributed by atoms with Crippen LogP contribution in [0.1, 0.15) is 6.92 Å². The van der Waals surface area contributed by atoms with Gasteiger partial charge in [0.2, 0.25) is 0 Å². The summed E-state index contributed by atoms with van der Waals surface area (Å²) in [6.45, 7) is 1.51. The zero-order valence-electron chi connectivity index (χ0n) is 6.89. The summed E-state index contributed by atoms with van der Waals surface area (Å²) < 4.78 is 28.0. The zero-order valence-corrected chi connectivity index (χ0v) is 7.71. The van der Waals surface area contributed by atoms with Crippen LogP contribution in [0.4, 0.5) is 0 Å². The molecule has 0 aliphatic heterocycles. The predicted molar refractivity (Wildman–Crippen MR) is 43.3 cm³/mol. The van der Waals surface area contributed by atoms with E-state index in [9.17, 15) is 8.42 Å². The maximum absolute atomic E-state index is 10.9. The zero-order chi connectivity index (χ0) is 9.19. The summed E-state index contributed by atoms with van der Waals surface area (Å²) in [5, 5.41) is 0. The van der Waals surface area contributed by atoms with Gasteiger partial charge in [0.25, 0.3) is 0 Å². The Labute approximate surface area is 71.1 Å². The minimum atomic E-state index is -3.45. The van der Waals surface area contributed by atoms with Gasteiger partial charge < -0.3 is 8.75 Å². The number of aromatic nitrogens is 2. The summed E-state index contributed by atoms with van der Waals surface area (Å²) in [5.41, 5.74) is 0. The molecule has 68 valence electrons. The van der Waals surface area contributed by atoms with Gasteiger partial charge in [-0.15, -0.1) is 0 Å². The van der Waals surface area contributed by atoms with Crippen LogP contribution >= 0.6 is 0 Å². The number of aryl methyl sites for hydroxylation is 1. The van der Waals surface area contributed by atoms with Gasteiger partial charge in [0.1, 0.15) is 0 Å². The molecule has 0 atom stereocenters. The van der Waals surface area contributed by atoms with Gasteiger partial charge in [-0.25, -0.2) is 4.98 Å². The fraction of sp³-hybridized carbons (Fsp3) is 0.500. The van der Waals surface area contributed by atoms with Gasteiger partial charge in [-0.2, -0.15) is 8.42 Å². The second-order valence-electron chi connectivity index (χ2n) is 2.25. The van der Waals surface area contributed by atoms with Crippen molar-refractivity contribution in [2.24, 2.45) is 7.05 Å². The normalized spacial score (nSPS) is 11.5. The highest BCUT2D eigenvalue weighted by Crippen LogP contribution is 2.07. The average molecular weight is 190 g/mol. The van der Waals surface area contributed by atoms with Crippen LogP contribution in [0.15, 0.2) is 12.4 Å². The summed E-state index contributed by atoms with van der Waals surface area (Å²) in [7, 11) is -1.79. The molecular weight excluding hydrogens is 180 g/mol. The lowest BCUT2D eigenvalue weighted by atomic mass is 10.9. The molecule has 0 bridgehead atoms. The number of imidazole rings is 1. The quantitative estimate of drug-likeness (QED) is 0.636. The van der Waals surface area contributed by atoms with E-state index in [1.165, 1.54) is 17.7 Å². The first-order chi connectivity index (χ1) is 5.55. The Balaban J connectivity index is 2.84. The molecule has 0 unspecified atom stereocenters. The smallest absolute Gasteiger partial charge is 0.312 e. The second kappa shape index (κ2) is 3.14. The molecule has 0 saturated carbocycles. The minimum Gasteiger partial charge on any atom is -0.345 e. The molecular formula is C6H10N2O3S. The third-order valence-corrected chi connectivity index (χ3v) is 2.44. The Hall–Kier alpha value is -1.04. The number of nitrogens with zero attached hydrogens (tertiary/aromatic N) is 2. The van der Waals surface area contributed by atoms with Crippen molar-refractivity contribution in [3.05, 3.63) is 12.4 Å². The first kappa shape index (κ1) is 9.05. The SMILES string of the molecule is CCS(=O)(=O)Oc1nccn1C. The first-order valence-corrected chi connectivity index (χ1v) is 5.02. The van der Waals surface area contributed by atoms with Crippen LogP contribution in [0.5, 0.6) is 6.01 Å². The van der Waals surface area contributed by atoms with E-state index in [1.807, 2.05) is 0 Å². The lowest BCUT2D eigenvalue weighted by Crippen LogP contribution is -2.13. The lowest BCUT2D eigenvalue weighted by Gasteiger charge is -2.02. The Morgan fingerprint density at radius 2 is 2.33 bits per heavy atom. The molecule has 1 aromatic rings. The van der Waals surface area contributed by atoms with Gasteiger partial charge in [0, 0.05) is 19.4 Å². The van der Waals surface area contributed by atoms with Crippen molar-refractivity contribution in [1.82, 2.24) is 9.55 Å². The van der Waals surface area contributed by atoms with E-state index in [4.69, 9.17) is 0 Å². The van der Waals surface area contributed by atoms with E-state index in [2.05, 4.69) is 9.17 Å². The highest BCUT2D eigenvalue weighted by Gasteiger charge is 2.11. The van der Waals surface area contributed by atoms with Crippen LogP contribution in [0.3, 0.4) is 0 Å². The molecule has 0 radical (unpaired) electrons. The number of hydrogen-bond donors (Lipinski definition) is 0. The third kappa shape index (κ3) is 1.97.